The molecule has 0 heterocycles. The van der Waals surface area contributed by atoms with E-state index in [9.17, 15) is 14.0 Å². The number of rotatable bonds is 8. The highest BCUT2D eigenvalue weighted by Crippen LogP contribution is 2.23. The number of benzene rings is 2. The Hall–Kier alpha value is -2.11. The molecule has 2 aromatic carbocycles. The van der Waals surface area contributed by atoms with Crippen LogP contribution in [0, 0.1) is 5.82 Å². The second-order valence-electron chi connectivity index (χ2n) is 8.29. The van der Waals surface area contributed by atoms with Crippen molar-refractivity contribution < 1.29 is 14.0 Å². The molecule has 1 aliphatic carbocycles. The molecule has 0 radical (unpaired) electrons. The van der Waals surface area contributed by atoms with E-state index in [-0.39, 0.29) is 41.4 Å². The van der Waals surface area contributed by atoms with Crippen molar-refractivity contribution in [2.75, 3.05) is 0 Å². The number of nitrogens with one attached hydrogen (secondary N) is 1. The summed E-state index contributed by atoms with van der Waals surface area (Å²) in [5.41, 5.74) is 0.981. The van der Waals surface area contributed by atoms with Gasteiger partial charge in [0.2, 0.25) is 11.8 Å². The molecule has 1 N–H and O–H groups in total. The summed E-state index contributed by atoms with van der Waals surface area (Å²) in [6, 6.07) is 11.0. The maximum atomic E-state index is 14.3. The third kappa shape index (κ3) is 6.46. The Bertz CT molecular complexity index is 910. The van der Waals surface area contributed by atoms with Crippen LogP contribution in [0.5, 0.6) is 0 Å². The van der Waals surface area contributed by atoms with E-state index in [1.165, 1.54) is 23.5 Å². The van der Waals surface area contributed by atoms with Gasteiger partial charge in [0.25, 0.3) is 0 Å². The minimum Gasteiger partial charge on any atom is -0.352 e. The van der Waals surface area contributed by atoms with Crippen molar-refractivity contribution in [3.8, 4) is 0 Å². The van der Waals surface area contributed by atoms with Crippen molar-refractivity contribution in [2.24, 2.45) is 0 Å². The molecule has 172 valence electrons. The maximum Gasteiger partial charge on any atom is 0.243 e. The highest BCUT2D eigenvalue weighted by Gasteiger charge is 2.31. The average Bonchev–Trinajstić information content (AvgIpc) is 2.78. The molecule has 3 rings (SSSR count). The predicted octanol–water partition coefficient (Wildman–Crippen LogP) is 5.93. The topological polar surface area (TPSA) is 49.4 Å². The molecule has 0 unspecified atom stereocenters. The zero-order valence-electron chi connectivity index (χ0n) is 18.3. The van der Waals surface area contributed by atoms with E-state index < -0.39 is 11.9 Å². The molecule has 0 saturated heterocycles. The highest BCUT2D eigenvalue weighted by atomic mass is 35.5. The third-order valence-electron chi connectivity index (χ3n) is 5.99. The maximum absolute atomic E-state index is 14.3. The second-order valence-corrected chi connectivity index (χ2v) is 9.14. The fraction of sp³-hybridized carbons (Fsp3) is 0.440. The Morgan fingerprint density at radius 2 is 1.78 bits per heavy atom. The van der Waals surface area contributed by atoms with Gasteiger partial charge in [-0.05, 0) is 49.1 Å². The quantitative estimate of drug-likeness (QED) is 0.510. The zero-order chi connectivity index (χ0) is 23.1. The molecule has 0 aromatic heterocycles. The number of carbonyl (C=O) groups is 2. The monoisotopic (exact) mass is 478 g/mol. The summed E-state index contributed by atoms with van der Waals surface area (Å²) < 4.78 is 14.3. The van der Waals surface area contributed by atoms with Crippen LogP contribution in [0.3, 0.4) is 0 Å². The van der Waals surface area contributed by atoms with Crippen LogP contribution in [-0.4, -0.2) is 28.8 Å². The Labute approximate surface area is 199 Å². The van der Waals surface area contributed by atoms with Gasteiger partial charge in [0.05, 0.1) is 6.42 Å². The first kappa shape index (κ1) is 24.5. The van der Waals surface area contributed by atoms with E-state index in [4.69, 9.17) is 23.2 Å². The normalized spacial score (nSPS) is 15.2. The van der Waals surface area contributed by atoms with Crippen molar-refractivity contribution in [1.29, 1.82) is 0 Å². The summed E-state index contributed by atoms with van der Waals surface area (Å²) in [5.74, 6) is -1.05. The van der Waals surface area contributed by atoms with Crippen LogP contribution in [0.2, 0.25) is 10.0 Å². The van der Waals surface area contributed by atoms with Crippen molar-refractivity contribution in [3.05, 3.63) is 69.5 Å². The van der Waals surface area contributed by atoms with E-state index >= 15 is 0 Å². The summed E-state index contributed by atoms with van der Waals surface area (Å²) >= 11 is 12.2. The molecule has 1 atom stereocenters. The molecule has 7 heteroatoms. The highest BCUT2D eigenvalue weighted by molar-refractivity contribution is 6.31. The molecule has 4 nitrogen and oxygen atoms in total. The summed E-state index contributed by atoms with van der Waals surface area (Å²) in [7, 11) is 0. The predicted molar refractivity (Wildman–Crippen MR) is 126 cm³/mol. The van der Waals surface area contributed by atoms with E-state index in [1.54, 1.807) is 18.2 Å². The summed E-state index contributed by atoms with van der Waals surface area (Å²) in [6.45, 7) is 2.10. The van der Waals surface area contributed by atoms with Gasteiger partial charge in [0.15, 0.2) is 0 Å². The van der Waals surface area contributed by atoms with Crippen molar-refractivity contribution in [1.82, 2.24) is 10.2 Å². The zero-order valence-corrected chi connectivity index (χ0v) is 19.8. The number of hydrogen-bond donors (Lipinski definition) is 1. The SMILES string of the molecule is CC[C@@H](C(=O)NC1CCCCC1)N(Cc1ccc(Cl)cc1)C(=O)Cc1c(F)cccc1Cl. The van der Waals surface area contributed by atoms with Crippen LogP contribution < -0.4 is 5.32 Å². The molecule has 0 aliphatic heterocycles. The summed E-state index contributed by atoms with van der Waals surface area (Å²) in [4.78, 5) is 28.1. The number of nitrogens with zero attached hydrogens (tertiary/aromatic N) is 1. The van der Waals surface area contributed by atoms with Crippen LogP contribution in [0.1, 0.15) is 56.6 Å². The molecular formula is C25H29Cl2FN2O2. The standard InChI is InChI=1S/C25H29Cl2FN2O2/c1-2-23(25(32)29-19-7-4-3-5-8-19)30(16-17-11-13-18(26)14-12-17)24(31)15-20-21(27)9-6-10-22(20)28/h6,9-14,19,23H,2-5,7-8,15-16H2,1H3,(H,29,32)/t23-/m0/s1. The number of halogens is 3. The van der Waals surface area contributed by atoms with E-state index in [0.29, 0.717) is 11.4 Å². The molecule has 1 fully saturated rings. The lowest BCUT2D eigenvalue weighted by Crippen LogP contribution is -2.52. The lowest BCUT2D eigenvalue weighted by Gasteiger charge is -2.33. The van der Waals surface area contributed by atoms with Crippen LogP contribution in [0.4, 0.5) is 4.39 Å². The number of amides is 2. The van der Waals surface area contributed by atoms with Gasteiger partial charge < -0.3 is 10.2 Å². The van der Waals surface area contributed by atoms with E-state index in [1.807, 2.05) is 19.1 Å². The van der Waals surface area contributed by atoms with E-state index in [0.717, 1.165) is 31.2 Å². The third-order valence-corrected chi connectivity index (χ3v) is 6.60. The van der Waals surface area contributed by atoms with Crippen LogP contribution in [0.15, 0.2) is 42.5 Å². The molecule has 32 heavy (non-hydrogen) atoms. The van der Waals surface area contributed by atoms with Crippen LogP contribution in [-0.2, 0) is 22.6 Å². The smallest absolute Gasteiger partial charge is 0.243 e. The van der Waals surface area contributed by atoms with Gasteiger partial charge in [-0.25, -0.2) is 4.39 Å². The van der Waals surface area contributed by atoms with E-state index in [2.05, 4.69) is 5.32 Å². The Kier molecular flexibility index (Phi) is 8.94. The molecule has 2 aromatic rings. The van der Waals surface area contributed by atoms with Gasteiger partial charge in [0.1, 0.15) is 11.9 Å². The van der Waals surface area contributed by atoms with Crippen molar-refractivity contribution in [3.63, 3.8) is 0 Å². The second kappa shape index (κ2) is 11.7. The number of hydrogen-bond acceptors (Lipinski definition) is 2. The van der Waals surface area contributed by atoms with Crippen LogP contribution >= 0.6 is 23.2 Å². The van der Waals surface area contributed by atoms with Gasteiger partial charge >= 0.3 is 0 Å². The minimum atomic E-state index is -0.661. The average molecular weight is 479 g/mol. The van der Waals surface area contributed by atoms with Crippen molar-refractivity contribution >= 4 is 35.0 Å². The molecule has 0 spiro atoms. The molecule has 1 saturated carbocycles. The molecular weight excluding hydrogens is 450 g/mol. The van der Waals surface area contributed by atoms with Gasteiger partial charge in [-0.15, -0.1) is 0 Å². The first-order valence-electron chi connectivity index (χ1n) is 11.2. The fourth-order valence-electron chi connectivity index (χ4n) is 4.20. The fourth-order valence-corrected chi connectivity index (χ4v) is 4.56. The summed E-state index contributed by atoms with van der Waals surface area (Å²) in [5, 5.41) is 3.92. The molecule has 1 aliphatic rings. The first-order valence-corrected chi connectivity index (χ1v) is 11.9. The van der Waals surface area contributed by atoms with Crippen molar-refractivity contribution in [2.45, 2.75) is 70.5 Å². The van der Waals surface area contributed by atoms with Gasteiger partial charge in [-0.3, -0.25) is 9.59 Å². The lowest BCUT2D eigenvalue weighted by atomic mass is 9.95. The Balaban J connectivity index is 1.84. The van der Waals surface area contributed by atoms with Gasteiger partial charge in [-0.2, -0.15) is 0 Å². The largest absolute Gasteiger partial charge is 0.352 e. The van der Waals surface area contributed by atoms with Gasteiger partial charge in [-0.1, -0.05) is 67.6 Å². The Morgan fingerprint density at radius 3 is 2.41 bits per heavy atom. The molecule has 0 bridgehead atoms. The van der Waals surface area contributed by atoms with Crippen LogP contribution in [0.25, 0.3) is 0 Å². The first-order chi connectivity index (χ1) is 15.4. The molecule has 2 amide bonds. The minimum absolute atomic E-state index is 0.138. The van der Waals surface area contributed by atoms with Gasteiger partial charge in [0, 0.05) is 28.2 Å². The lowest BCUT2D eigenvalue weighted by molar-refractivity contribution is -0.141. The number of carbonyl (C=O) groups excluding carboxylic acids is 2. The summed E-state index contributed by atoms with van der Waals surface area (Å²) in [6.07, 6.45) is 5.53. The Morgan fingerprint density at radius 1 is 1.09 bits per heavy atom.